The molecule has 0 aliphatic heterocycles. The van der Waals surface area contributed by atoms with Crippen LogP contribution in [0.2, 0.25) is 0 Å². The Morgan fingerprint density at radius 2 is 1.90 bits per heavy atom. The lowest BCUT2D eigenvalue weighted by atomic mass is 10.2. The van der Waals surface area contributed by atoms with Crippen molar-refractivity contribution in [2.24, 2.45) is 0 Å². The van der Waals surface area contributed by atoms with Crippen molar-refractivity contribution < 1.29 is 0 Å². The fourth-order valence-electron chi connectivity index (χ4n) is 3.60. The number of benzene rings is 1. The van der Waals surface area contributed by atoms with Gasteiger partial charge in [0.1, 0.15) is 23.5 Å². The maximum Gasteiger partial charge on any atom is 0.267 e. The maximum atomic E-state index is 13.5. The number of rotatable bonds is 3. The van der Waals surface area contributed by atoms with Gasteiger partial charge in [0.2, 0.25) is 0 Å². The molecule has 8 heteroatoms. The highest BCUT2D eigenvalue weighted by atomic mass is 32.1. The lowest BCUT2D eigenvalue weighted by Crippen LogP contribution is -2.26. The first-order valence-electron chi connectivity index (χ1n) is 9.23. The molecule has 0 N–H and O–H groups in total. The molecule has 29 heavy (non-hydrogen) atoms. The molecule has 0 saturated carbocycles. The van der Waals surface area contributed by atoms with Gasteiger partial charge in [-0.15, -0.1) is 11.3 Å². The molecule has 4 heterocycles. The molecule has 0 radical (unpaired) electrons. The zero-order chi connectivity index (χ0) is 20.1. The van der Waals surface area contributed by atoms with Crippen LogP contribution in [0.1, 0.15) is 22.6 Å². The third-order valence-corrected chi connectivity index (χ3v) is 6.13. The van der Waals surface area contributed by atoms with Crippen molar-refractivity contribution in [2.45, 2.75) is 27.3 Å². The molecule has 0 bridgehead atoms. The van der Waals surface area contributed by atoms with Crippen LogP contribution in [0.4, 0.5) is 0 Å². The average molecular weight is 402 g/mol. The van der Waals surface area contributed by atoms with Gasteiger partial charge in [0.15, 0.2) is 5.65 Å². The summed E-state index contributed by atoms with van der Waals surface area (Å²) >= 11 is 1.49. The second kappa shape index (κ2) is 6.59. The smallest absolute Gasteiger partial charge is 0.267 e. The highest BCUT2D eigenvalue weighted by Crippen LogP contribution is 2.24. The Morgan fingerprint density at radius 3 is 2.72 bits per heavy atom. The lowest BCUT2D eigenvalue weighted by Gasteiger charge is -2.15. The zero-order valence-electron chi connectivity index (χ0n) is 16.2. The van der Waals surface area contributed by atoms with Gasteiger partial charge in [-0.25, -0.2) is 19.6 Å². The van der Waals surface area contributed by atoms with Crippen LogP contribution in [0.15, 0.2) is 47.0 Å². The Hall–Kier alpha value is -3.39. The molecule has 144 valence electrons. The van der Waals surface area contributed by atoms with Gasteiger partial charge in [0.25, 0.3) is 5.56 Å². The summed E-state index contributed by atoms with van der Waals surface area (Å²) in [5, 5.41) is 8.03. The first-order chi connectivity index (χ1) is 14.0. The van der Waals surface area contributed by atoms with Crippen molar-refractivity contribution in [3.8, 4) is 5.69 Å². The summed E-state index contributed by atoms with van der Waals surface area (Å²) in [5.41, 5.74) is 4.33. The molecule has 4 aromatic heterocycles. The zero-order valence-corrected chi connectivity index (χ0v) is 17.1. The van der Waals surface area contributed by atoms with Gasteiger partial charge in [0.05, 0.1) is 28.4 Å². The van der Waals surface area contributed by atoms with Crippen LogP contribution in [0.5, 0.6) is 0 Å². The summed E-state index contributed by atoms with van der Waals surface area (Å²) in [6.45, 7) is 6.20. The fourth-order valence-corrected chi connectivity index (χ4v) is 4.53. The average Bonchev–Trinajstić information content (AvgIpc) is 3.28. The maximum absolute atomic E-state index is 13.5. The number of aryl methyl sites for hydroxylation is 3. The Bertz CT molecular complexity index is 1450. The molecule has 5 rings (SSSR count). The van der Waals surface area contributed by atoms with Crippen LogP contribution in [0, 0.1) is 20.8 Å². The normalized spacial score (nSPS) is 11.6. The van der Waals surface area contributed by atoms with Gasteiger partial charge in [-0.3, -0.25) is 9.36 Å². The number of hydrogen-bond acceptors (Lipinski definition) is 6. The molecule has 0 amide bonds. The van der Waals surface area contributed by atoms with Crippen molar-refractivity contribution in [1.29, 1.82) is 0 Å². The molecule has 0 aliphatic carbocycles. The van der Waals surface area contributed by atoms with E-state index in [4.69, 9.17) is 4.98 Å². The Kier molecular flexibility index (Phi) is 4.02. The van der Waals surface area contributed by atoms with Crippen LogP contribution in [-0.4, -0.2) is 29.3 Å². The van der Waals surface area contributed by atoms with Crippen LogP contribution in [0.3, 0.4) is 0 Å². The van der Waals surface area contributed by atoms with E-state index in [1.54, 1.807) is 15.4 Å². The van der Waals surface area contributed by atoms with E-state index in [1.165, 1.54) is 17.7 Å². The highest BCUT2D eigenvalue weighted by Gasteiger charge is 2.18. The van der Waals surface area contributed by atoms with Crippen molar-refractivity contribution in [1.82, 2.24) is 29.3 Å². The molecule has 7 nitrogen and oxygen atoms in total. The van der Waals surface area contributed by atoms with E-state index >= 15 is 0 Å². The summed E-state index contributed by atoms with van der Waals surface area (Å²) in [7, 11) is 0. The molecule has 0 fully saturated rings. The van der Waals surface area contributed by atoms with E-state index in [1.807, 2.05) is 50.4 Å². The molecule has 0 saturated heterocycles. The van der Waals surface area contributed by atoms with Crippen LogP contribution >= 0.6 is 11.3 Å². The van der Waals surface area contributed by atoms with Crippen molar-refractivity contribution in [3.05, 3.63) is 75.2 Å². The second-order valence-corrected chi connectivity index (χ2v) is 7.91. The molecule has 0 aliphatic rings. The molecule has 0 spiro atoms. The van der Waals surface area contributed by atoms with E-state index in [2.05, 4.69) is 15.1 Å². The molecule has 1 aromatic carbocycles. The Balaban J connectivity index is 1.78. The number of hydrogen-bond donors (Lipinski definition) is 0. The minimum atomic E-state index is -0.0553. The van der Waals surface area contributed by atoms with Gasteiger partial charge in [-0.2, -0.15) is 5.10 Å². The fraction of sp³-hybridized carbons (Fsp3) is 0.190. The van der Waals surface area contributed by atoms with Crippen molar-refractivity contribution >= 4 is 32.6 Å². The van der Waals surface area contributed by atoms with Crippen molar-refractivity contribution in [3.63, 3.8) is 0 Å². The van der Waals surface area contributed by atoms with Crippen LogP contribution < -0.4 is 5.56 Å². The van der Waals surface area contributed by atoms with E-state index < -0.39 is 0 Å². The molecular formula is C21H18N6OS. The first-order valence-corrected chi connectivity index (χ1v) is 10.1. The highest BCUT2D eigenvalue weighted by molar-refractivity contribution is 7.16. The van der Waals surface area contributed by atoms with Gasteiger partial charge < -0.3 is 0 Å². The minimum Gasteiger partial charge on any atom is -0.268 e. The number of nitrogens with zero attached hydrogens (tertiary/aromatic N) is 6. The van der Waals surface area contributed by atoms with Crippen LogP contribution in [0.25, 0.3) is 26.9 Å². The largest absolute Gasteiger partial charge is 0.268 e. The number of aromatic nitrogens is 6. The van der Waals surface area contributed by atoms with Gasteiger partial charge in [-0.05, 0) is 43.3 Å². The SMILES string of the molecule is Cc1ccccc1-n1c(Cn2ncc3c(C)ncnc32)nc2scc(C)c2c1=O. The number of para-hydroxylation sites is 1. The van der Waals surface area contributed by atoms with Gasteiger partial charge in [-0.1, -0.05) is 18.2 Å². The predicted octanol–water partition coefficient (Wildman–Crippen LogP) is 3.56. The van der Waals surface area contributed by atoms with Crippen LogP contribution in [-0.2, 0) is 6.54 Å². The van der Waals surface area contributed by atoms with Gasteiger partial charge >= 0.3 is 0 Å². The quantitative estimate of drug-likeness (QED) is 0.461. The number of thiophene rings is 1. The monoisotopic (exact) mass is 402 g/mol. The molecule has 0 unspecified atom stereocenters. The van der Waals surface area contributed by atoms with E-state index in [0.717, 1.165) is 38.4 Å². The first kappa shape index (κ1) is 17.7. The van der Waals surface area contributed by atoms with Gasteiger partial charge in [0, 0.05) is 0 Å². The number of fused-ring (bicyclic) bond motifs is 2. The summed E-state index contributed by atoms with van der Waals surface area (Å²) in [5.74, 6) is 0.625. The second-order valence-electron chi connectivity index (χ2n) is 7.05. The third-order valence-electron chi connectivity index (χ3n) is 5.14. The Labute approximate surface area is 170 Å². The molecular weight excluding hydrogens is 384 g/mol. The Morgan fingerprint density at radius 1 is 1.07 bits per heavy atom. The summed E-state index contributed by atoms with van der Waals surface area (Å²) in [6, 6.07) is 7.84. The van der Waals surface area contributed by atoms with E-state index in [0.29, 0.717) is 17.8 Å². The summed E-state index contributed by atoms with van der Waals surface area (Å²) < 4.78 is 3.48. The standard InChI is InChI=1S/C21H18N6OS/c1-12-6-4-5-7-16(12)27-17(25-20-18(21(27)28)13(2)10-29-20)9-26-19-15(8-24-26)14(3)22-11-23-19/h4-8,10-11H,9H2,1-3H3. The van der Waals surface area contributed by atoms with E-state index in [-0.39, 0.29) is 5.56 Å². The third kappa shape index (κ3) is 2.75. The minimum absolute atomic E-state index is 0.0553. The lowest BCUT2D eigenvalue weighted by molar-refractivity contribution is 0.649. The van der Waals surface area contributed by atoms with Crippen molar-refractivity contribution in [2.75, 3.05) is 0 Å². The topological polar surface area (TPSA) is 78.5 Å². The van der Waals surface area contributed by atoms with E-state index in [9.17, 15) is 4.79 Å². The summed E-state index contributed by atoms with van der Waals surface area (Å²) in [6.07, 6.45) is 3.29. The molecule has 5 aromatic rings. The summed E-state index contributed by atoms with van der Waals surface area (Å²) in [4.78, 5) is 27.7. The predicted molar refractivity (Wildman–Crippen MR) is 114 cm³/mol. The molecule has 0 atom stereocenters.